The summed E-state index contributed by atoms with van der Waals surface area (Å²) in [5, 5.41) is 16.9. The third kappa shape index (κ3) is 6.70. The van der Waals surface area contributed by atoms with Crippen LogP contribution in [-0.4, -0.2) is 68.1 Å². The average molecular weight is 451 g/mol. The zero-order valence-corrected chi connectivity index (χ0v) is 16.3. The predicted molar refractivity (Wildman–Crippen MR) is 95.7 cm³/mol. The van der Waals surface area contributed by atoms with Crippen molar-refractivity contribution >= 4 is 37.0 Å². The zero-order chi connectivity index (χ0) is 22.3. The van der Waals surface area contributed by atoms with Crippen molar-refractivity contribution in [3.8, 4) is 0 Å². The normalized spacial score (nSPS) is 12.6. The van der Waals surface area contributed by atoms with Crippen LogP contribution in [0.25, 0.3) is 11.2 Å². The van der Waals surface area contributed by atoms with Gasteiger partial charge in [-0.2, -0.15) is 4.98 Å². The molecule has 0 unspecified atom stereocenters. The standard InChI is InChI=1S/C13H18N5O11P/c1-7(2-18-3-15-8-9(18)16-11(14)17-10(8)19)27-6-30(24,28-4-25-12(20)21)29-5-26-13(22)23/h3,7H,2,4-6H2,1H3,(H,20,21)(H,22,23)(H3,14,16,17,19)/t7-/m1/s1. The molecule has 0 saturated carbocycles. The number of imidazole rings is 1. The van der Waals surface area contributed by atoms with Crippen molar-refractivity contribution in [2.24, 2.45) is 0 Å². The molecule has 0 amide bonds. The maximum absolute atomic E-state index is 12.6. The molecule has 0 spiro atoms. The Balaban J connectivity index is 2.01. The summed E-state index contributed by atoms with van der Waals surface area (Å²) in [4.78, 5) is 42.8. The summed E-state index contributed by atoms with van der Waals surface area (Å²) in [6.45, 7) is -0.219. The fourth-order valence-electron chi connectivity index (χ4n) is 2.08. The van der Waals surface area contributed by atoms with Crippen LogP contribution in [0.4, 0.5) is 15.5 Å². The van der Waals surface area contributed by atoms with Crippen molar-refractivity contribution in [1.29, 1.82) is 0 Å². The van der Waals surface area contributed by atoms with Crippen LogP contribution >= 0.6 is 7.60 Å². The summed E-state index contributed by atoms with van der Waals surface area (Å²) >= 11 is 0. The molecular formula is C13H18N5O11P. The van der Waals surface area contributed by atoms with Gasteiger partial charge in [0.2, 0.25) is 19.5 Å². The van der Waals surface area contributed by atoms with Gasteiger partial charge in [0, 0.05) is 0 Å². The number of hydrogen-bond acceptors (Lipinski definition) is 12. The molecule has 166 valence electrons. The number of carboxylic acid groups (broad SMARTS) is 2. The summed E-state index contributed by atoms with van der Waals surface area (Å²) in [6, 6.07) is 0. The highest BCUT2D eigenvalue weighted by Crippen LogP contribution is 2.48. The number of nitrogen functional groups attached to an aromatic ring is 1. The van der Waals surface area contributed by atoms with Gasteiger partial charge in [-0.15, -0.1) is 0 Å². The molecule has 0 aromatic carbocycles. The Kier molecular flexibility index (Phi) is 7.71. The minimum atomic E-state index is -4.15. The van der Waals surface area contributed by atoms with E-state index in [2.05, 4.69) is 24.4 Å². The maximum Gasteiger partial charge on any atom is 0.507 e. The minimum absolute atomic E-state index is 0.0605. The molecule has 2 aromatic rings. The number of H-pyrrole nitrogens is 1. The second-order valence-corrected chi connectivity index (χ2v) is 7.55. The van der Waals surface area contributed by atoms with Gasteiger partial charge in [-0.25, -0.2) is 14.6 Å². The van der Waals surface area contributed by atoms with Crippen LogP contribution in [0.5, 0.6) is 0 Å². The van der Waals surface area contributed by atoms with E-state index in [9.17, 15) is 18.9 Å². The summed E-state index contributed by atoms with van der Waals surface area (Å²) < 4.78 is 37.1. The summed E-state index contributed by atoms with van der Waals surface area (Å²) in [7, 11) is -4.15. The first kappa shape index (κ1) is 23.1. The van der Waals surface area contributed by atoms with Crippen LogP contribution in [0.2, 0.25) is 0 Å². The third-order valence-electron chi connectivity index (χ3n) is 3.33. The molecule has 2 rings (SSSR count). The molecule has 17 heteroatoms. The lowest BCUT2D eigenvalue weighted by Crippen LogP contribution is -2.20. The fourth-order valence-corrected chi connectivity index (χ4v) is 3.17. The zero-order valence-electron chi connectivity index (χ0n) is 15.4. The molecule has 0 aliphatic carbocycles. The van der Waals surface area contributed by atoms with Crippen molar-refractivity contribution in [1.82, 2.24) is 19.5 Å². The lowest BCUT2D eigenvalue weighted by molar-refractivity contribution is -0.0167. The second-order valence-electron chi connectivity index (χ2n) is 5.55. The summed E-state index contributed by atoms with van der Waals surface area (Å²) in [5.74, 6) is -0.106. The van der Waals surface area contributed by atoms with Gasteiger partial charge in [-0.05, 0) is 6.92 Å². The van der Waals surface area contributed by atoms with Crippen LogP contribution in [0.15, 0.2) is 11.1 Å². The van der Waals surface area contributed by atoms with Crippen LogP contribution in [-0.2, 0) is 34.4 Å². The Morgan fingerprint density at radius 3 is 2.43 bits per heavy atom. The van der Waals surface area contributed by atoms with Gasteiger partial charge < -0.3 is 34.7 Å². The Hall–Kier alpha value is -3.20. The number of ether oxygens (including phenoxy) is 3. The lowest BCUT2D eigenvalue weighted by Gasteiger charge is -2.20. The second kappa shape index (κ2) is 10.0. The molecule has 0 fully saturated rings. The number of fused-ring (bicyclic) bond motifs is 1. The SMILES string of the molecule is C[C@H](Cn1cnc2c(=O)[nH]c(N)nc21)OCP(=O)(OCOC(=O)O)OCOC(=O)O. The van der Waals surface area contributed by atoms with Crippen molar-refractivity contribution < 1.29 is 47.6 Å². The average Bonchev–Trinajstić information content (AvgIpc) is 3.02. The first-order valence-corrected chi connectivity index (χ1v) is 9.74. The number of nitrogens with one attached hydrogen (secondary N) is 1. The molecular weight excluding hydrogens is 433 g/mol. The topological polar surface area (TPSA) is 227 Å². The van der Waals surface area contributed by atoms with E-state index in [1.54, 1.807) is 6.92 Å². The number of hydrogen-bond donors (Lipinski definition) is 4. The van der Waals surface area contributed by atoms with Gasteiger partial charge in [0.1, 0.15) is 6.35 Å². The number of carbonyl (C=O) groups is 2. The molecule has 0 aliphatic rings. The molecule has 1 atom stereocenters. The van der Waals surface area contributed by atoms with Gasteiger partial charge in [0.05, 0.1) is 19.0 Å². The minimum Gasteiger partial charge on any atom is -0.450 e. The molecule has 0 saturated heterocycles. The Morgan fingerprint density at radius 2 is 1.87 bits per heavy atom. The van der Waals surface area contributed by atoms with E-state index in [0.29, 0.717) is 0 Å². The number of aromatic nitrogens is 4. The smallest absolute Gasteiger partial charge is 0.450 e. The van der Waals surface area contributed by atoms with Gasteiger partial charge in [0.25, 0.3) is 5.56 Å². The van der Waals surface area contributed by atoms with Crippen molar-refractivity contribution in [2.75, 3.05) is 25.7 Å². The molecule has 5 N–H and O–H groups in total. The van der Waals surface area contributed by atoms with Crippen molar-refractivity contribution in [3.05, 3.63) is 16.7 Å². The third-order valence-corrected chi connectivity index (χ3v) is 4.79. The highest BCUT2D eigenvalue weighted by Gasteiger charge is 2.28. The Bertz CT molecular complexity index is 981. The first-order valence-electron chi connectivity index (χ1n) is 8.01. The highest BCUT2D eigenvalue weighted by atomic mass is 31.2. The number of nitrogens with zero attached hydrogens (tertiary/aromatic N) is 3. The first-order chi connectivity index (χ1) is 14.1. The van der Waals surface area contributed by atoms with Crippen LogP contribution < -0.4 is 11.3 Å². The molecule has 0 bridgehead atoms. The van der Waals surface area contributed by atoms with Crippen molar-refractivity contribution in [3.63, 3.8) is 0 Å². The molecule has 0 radical (unpaired) electrons. The van der Waals surface area contributed by atoms with E-state index in [1.807, 2.05) is 0 Å². The number of anilines is 1. The van der Waals surface area contributed by atoms with E-state index >= 15 is 0 Å². The Morgan fingerprint density at radius 1 is 1.27 bits per heavy atom. The number of aromatic amines is 1. The van der Waals surface area contributed by atoms with Crippen molar-refractivity contribution in [2.45, 2.75) is 19.6 Å². The maximum atomic E-state index is 12.6. The molecule has 2 aromatic heterocycles. The molecule has 30 heavy (non-hydrogen) atoms. The molecule has 0 aliphatic heterocycles. The molecule has 16 nitrogen and oxygen atoms in total. The van der Waals surface area contributed by atoms with E-state index in [1.165, 1.54) is 10.9 Å². The monoisotopic (exact) mass is 451 g/mol. The van der Waals surface area contributed by atoms with E-state index in [0.717, 1.165) is 0 Å². The van der Waals surface area contributed by atoms with Gasteiger partial charge in [-0.1, -0.05) is 0 Å². The van der Waals surface area contributed by atoms with E-state index < -0.39 is 51.5 Å². The van der Waals surface area contributed by atoms with E-state index in [4.69, 9.17) is 29.7 Å². The van der Waals surface area contributed by atoms with Gasteiger partial charge in [-0.3, -0.25) is 23.4 Å². The van der Waals surface area contributed by atoms with Crippen LogP contribution in [0, 0.1) is 0 Å². The summed E-state index contributed by atoms with van der Waals surface area (Å²) in [5.41, 5.74) is 5.26. The quantitative estimate of drug-likeness (QED) is 0.208. The summed E-state index contributed by atoms with van der Waals surface area (Å²) in [6.07, 6.45) is -3.40. The molecule has 2 heterocycles. The number of rotatable bonds is 11. The largest absolute Gasteiger partial charge is 0.507 e. The van der Waals surface area contributed by atoms with Crippen LogP contribution in [0.1, 0.15) is 6.92 Å². The van der Waals surface area contributed by atoms with Gasteiger partial charge >= 0.3 is 19.9 Å². The highest BCUT2D eigenvalue weighted by molar-refractivity contribution is 7.53. The fraction of sp³-hybridized carbons (Fsp3) is 0.462. The lowest BCUT2D eigenvalue weighted by atomic mass is 10.4. The van der Waals surface area contributed by atoms with Gasteiger partial charge in [0.15, 0.2) is 11.2 Å². The van der Waals surface area contributed by atoms with E-state index in [-0.39, 0.29) is 23.7 Å². The Labute approximate surface area is 167 Å². The predicted octanol–water partition coefficient (Wildman–Crippen LogP) is 0.595. The van der Waals surface area contributed by atoms with Crippen LogP contribution in [0.3, 0.4) is 0 Å². The number of nitrogens with two attached hydrogens (primary N) is 1.